The Balaban J connectivity index is 0.000000183. The molecule has 1 saturated heterocycles. The lowest BCUT2D eigenvalue weighted by Gasteiger charge is -1.84. The van der Waals surface area contributed by atoms with Gasteiger partial charge in [0.15, 0.2) is 0 Å². The van der Waals surface area contributed by atoms with E-state index in [0.29, 0.717) is 0 Å². The van der Waals surface area contributed by atoms with E-state index in [-0.39, 0.29) is 0 Å². The standard InChI is InChI=1S/C4H9N.C2H3ClFNO/c1-2-4-5-3-1;3-1(4)2(5)6/h5H,1-4H2;1H,(H2,5,6). The van der Waals surface area contributed by atoms with Crippen LogP contribution >= 0.6 is 11.6 Å². The molecule has 3 nitrogen and oxygen atoms in total. The summed E-state index contributed by atoms with van der Waals surface area (Å²) in [6.07, 6.45) is 2.78. The summed E-state index contributed by atoms with van der Waals surface area (Å²) in [5.41, 5.74) is 2.25. The van der Waals surface area contributed by atoms with E-state index < -0.39 is 11.5 Å². The molecule has 0 aliphatic carbocycles. The molecule has 11 heavy (non-hydrogen) atoms. The topological polar surface area (TPSA) is 55.1 Å². The van der Waals surface area contributed by atoms with Gasteiger partial charge in [0, 0.05) is 0 Å². The van der Waals surface area contributed by atoms with Crippen LogP contribution in [0.4, 0.5) is 4.39 Å². The van der Waals surface area contributed by atoms with Crippen molar-refractivity contribution in [3.05, 3.63) is 0 Å². The zero-order valence-corrected chi connectivity index (χ0v) is 6.90. The predicted molar refractivity (Wildman–Crippen MR) is 42.0 cm³/mol. The summed E-state index contributed by atoms with van der Waals surface area (Å²) in [6, 6.07) is 0. The van der Waals surface area contributed by atoms with Crippen molar-refractivity contribution in [1.29, 1.82) is 0 Å². The minimum Gasteiger partial charge on any atom is -0.366 e. The molecule has 1 heterocycles. The highest BCUT2D eigenvalue weighted by Crippen LogP contribution is 1.91. The summed E-state index contributed by atoms with van der Waals surface area (Å²) >= 11 is 4.47. The molecule has 0 saturated carbocycles. The van der Waals surface area contributed by atoms with Crippen LogP contribution in [0.25, 0.3) is 0 Å². The largest absolute Gasteiger partial charge is 0.366 e. The summed E-state index contributed by atoms with van der Waals surface area (Å²) in [4.78, 5) is 9.41. The molecular weight excluding hydrogens is 171 g/mol. The van der Waals surface area contributed by atoms with Crippen LogP contribution in [0.2, 0.25) is 0 Å². The number of nitrogens with two attached hydrogens (primary N) is 1. The molecule has 1 aliphatic rings. The molecule has 1 atom stereocenters. The molecule has 1 unspecified atom stereocenters. The highest BCUT2D eigenvalue weighted by Gasteiger charge is 2.04. The second-order valence-electron chi connectivity index (χ2n) is 2.16. The lowest BCUT2D eigenvalue weighted by molar-refractivity contribution is -0.120. The van der Waals surface area contributed by atoms with Gasteiger partial charge >= 0.3 is 0 Å². The number of primary amides is 1. The number of carbonyl (C=O) groups excluding carboxylic acids is 1. The molecule has 1 fully saturated rings. The van der Waals surface area contributed by atoms with Gasteiger partial charge in [-0.05, 0) is 25.9 Å². The monoisotopic (exact) mass is 182 g/mol. The molecule has 5 heteroatoms. The molecule has 0 radical (unpaired) electrons. The summed E-state index contributed by atoms with van der Waals surface area (Å²) in [6.45, 7) is 2.50. The third-order valence-electron chi connectivity index (χ3n) is 1.17. The second-order valence-corrected chi connectivity index (χ2v) is 2.54. The number of halogens is 2. The Hall–Kier alpha value is -0.350. The minimum atomic E-state index is -2.04. The molecule has 1 rings (SSSR count). The van der Waals surface area contributed by atoms with Gasteiger partial charge in [-0.15, -0.1) is 0 Å². The van der Waals surface area contributed by atoms with Gasteiger partial charge in [0.2, 0.25) is 0 Å². The fourth-order valence-electron chi connectivity index (χ4n) is 0.625. The first kappa shape index (κ1) is 10.7. The first-order valence-corrected chi connectivity index (χ1v) is 3.86. The van der Waals surface area contributed by atoms with Crippen LogP contribution in [0.1, 0.15) is 12.8 Å². The Bertz CT molecular complexity index is 110. The maximum atomic E-state index is 11.1. The lowest BCUT2D eigenvalue weighted by atomic mass is 10.4. The van der Waals surface area contributed by atoms with Crippen molar-refractivity contribution in [3.63, 3.8) is 0 Å². The summed E-state index contributed by atoms with van der Waals surface area (Å²) in [5.74, 6) is -1.14. The van der Waals surface area contributed by atoms with E-state index in [9.17, 15) is 9.18 Å². The molecule has 3 N–H and O–H groups in total. The van der Waals surface area contributed by atoms with E-state index >= 15 is 0 Å². The van der Waals surface area contributed by atoms with Crippen molar-refractivity contribution in [3.8, 4) is 0 Å². The molecule has 66 valence electrons. The third kappa shape index (κ3) is 7.55. The lowest BCUT2D eigenvalue weighted by Crippen LogP contribution is -2.18. The number of rotatable bonds is 1. The van der Waals surface area contributed by atoms with Crippen molar-refractivity contribution in [2.75, 3.05) is 13.1 Å². The quantitative estimate of drug-likeness (QED) is 0.576. The Morgan fingerprint density at radius 2 is 1.91 bits per heavy atom. The van der Waals surface area contributed by atoms with Crippen LogP contribution in [0.5, 0.6) is 0 Å². The highest BCUT2D eigenvalue weighted by molar-refractivity contribution is 6.29. The van der Waals surface area contributed by atoms with Gasteiger partial charge in [-0.1, -0.05) is 11.6 Å². The summed E-state index contributed by atoms with van der Waals surface area (Å²) in [5, 5.41) is 3.22. The average Bonchev–Trinajstić information content (AvgIpc) is 2.41. The van der Waals surface area contributed by atoms with Crippen LogP contribution in [0.15, 0.2) is 0 Å². The fraction of sp³-hybridized carbons (Fsp3) is 0.833. The van der Waals surface area contributed by atoms with E-state index in [1.165, 1.54) is 25.9 Å². The zero-order chi connectivity index (χ0) is 8.69. The predicted octanol–water partition coefficient (Wildman–Crippen LogP) is 0.376. The van der Waals surface area contributed by atoms with Crippen LogP contribution in [0.3, 0.4) is 0 Å². The van der Waals surface area contributed by atoms with Crippen molar-refractivity contribution < 1.29 is 9.18 Å². The van der Waals surface area contributed by atoms with Crippen LogP contribution < -0.4 is 11.1 Å². The summed E-state index contributed by atoms with van der Waals surface area (Å²) < 4.78 is 11.1. The van der Waals surface area contributed by atoms with Gasteiger partial charge in [0.05, 0.1) is 0 Å². The Morgan fingerprint density at radius 1 is 1.55 bits per heavy atom. The molecule has 0 aromatic heterocycles. The van der Waals surface area contributed by atoms with E-state index in [1.54, 1.807) is 0 Å². The smallest absolute Gasteiger partial charge is 0.267 e. The molecular formula is C6H12ClFN2O. The maximum Gasteiger partial charge on any atom is 0.267 e. The summed E-state index contributed by atoms with van der Waals surface area (Å²) in [7, 11) is 0. The third-order valence-corrected chi connectivity index (χ3v) is 1.39. The van der Waals surface area contributed by atoms with Crippen molar-refractivity contribution in [2.45, 2.75) is 18.5 Å². The molecule has 0 bridgehead atoms. The number of nitrogens with one attached hydrogen (secondary N) is 1. The number of carbonyl (C=O) groups is 1. The van der Waals surface area contributed by atoms with E-state index in [0.717, 1.165) is 0 Å². The molecule has 1 amide bonds. The number of hydrogen-bond donors (Lipinski definition) is 2. The van der Waals surface area contributed by atoms with E-state index in [2.05, 4.69) is 22.7 Å². The van der Waals surface area contributed by atoms with Gasteiger partial charge in [0.1, 0.15) is 0 Å². The van der Waals surface area contributed by atoms with Crippen LogP contribution in [-0.2, 0) is 4.79 Å². The Morgan fingerprint density at radius 3 is 2.00 bits per heavy atom. The Labute approximate surface area is 70.1 Å². The number of amides is 1. The zero-order valence-electron chi connectivity index (χ0n) is 6.15. The second kappa shape index (κ2) is 6.37. The Kier molecular flexibility index (Phi) is 6.16. The molecule has 0 spiro atoms. The van der Waals surface area contributed by atoms with Gasteiger partial charge < -0.3 is 11.1 Å². The average molecular weight is 183 g/mol. The molecule has 1 aliphatic heterocycles. The van der Waals surface area contributed by atoms with Gasteiger partial charge in [-0.2, -0.15) is 0 Å². The first-order valence-electron chi connectivity index (χ1n) is 3.43. The van der Waals surface area contributed by atoms with Crippen molar-refractivity contribution in [2.24, 2.45) is 5.73 Å². The maximum absolute atomic E-state index is 11.1. The fourth-order valence-corrected chi connectivity index (χ4v) is 0.625. The minimum absolute atomic E-state index is 1.14. The van der Waals surface area contributed by atoms with Gasteiger partial charge in [-0.25, -0.2) is 4.39 Å². The van der Waals surface area contributed by atoms with E-state index in [1.807, 2.05) is 0 Å². The van der Waals surface area contributed by atoms with Crippen molar-refractivity contribution in [1.82, 2.24) is 5.32 Å². The first-order chi connectivity index (χ1) is 5.14. The van der Waals surface area contributed by atoms with E-state index in [4.69, 9.17) is 0 Å². The van der Waals surface area contributed by atoms with Crippen LogP contribution in [-0.4, -0.2) is 24.6 Å². The molecule has 0 aromatic carbocycles. The number of alkyl halides is 2. The van der Waals surface area contributed by atoms with Crippen molar-refractivity contribution >= 4 is 17.5 Å². The molecule has 0 aromatic rings. The van der Waals surface area contributed by atoms with Gasteiger partial charge in [0.25, 0.3) is 11.5 Å². The normalized spacial score (nSPS) is 18.4. The SMILES string of the molecule is C1CCNC1.NC(=O)C(F)Cl. The van der Waals surface area contributed by atoms with Crippen LogP contribution in [0, 0.1) is 0 Å². The highest BCUT2D eigenvalue weighted by atomic mass is 35.5. The number of hydrogen-bond acceptors (Lipinski definition) is 2. The van der Waals surface area contributed by atoms with Gasteiger partial charge in [-0.3, -0.25) is 4.79 Å².